The number of halogens is 1. The number of aromatic nitrogens is 1. The fourth-order valence-corrected chi connectivity index (χ4v) is 3.15. The average Bonchev–Trinajstić information content (AvgIpc) is 3.02. The highest BCUT2D eigenvalue weighted by Gasteiger charge is 2.26. The summed E-state index contributed by atoms with van der Waals surface area (Å²) in [6.45, 7) is 1.99. The van der Waals surface area contributed by atoms with Crippen molar-refractivity contribution in [3.8, 4) is 0 Å². The molecule has 0 aliphatic carbocycles. The third-order valence-corrected chi connectivity index (χ3v) is 4.10. The molecule has 0 N–H and O–H groups in total. The highest BCUT2D eigenvalue weighted by Crippen LogP contribution is 2.33. The molecule has 1 unspecified atom stereocenters. The van der Waals surface area contributed by atoms with E-state index in [0.29, 0.717) is 6.04 Å². The summed E-state index contributed by atoms with van der Waals surface area (Å²) in [6.07, 6.45) is 2.35. The smallest absolute Gasteiger partial charge is 0.123 e. The highest BCUT2D eigenvalue weighted by molar-refractivity contribution is 7.07. The van der Waals surface area contributed by atoms with Gasteiger partial charge in [-0.3, -0.25) is 4.90 Å². The normalized spacial score (nSPS) is 20.4. The predicted octanol–water partition coefficient (Wildman–Crippen LogP) is 3.62. The van der Waals surface area contributed by atoms with Gasteiger partial charge in [-0.2, -0.15) is 0 Å². The van der Waals surface area contributed by atoms with Crippen molar-refractivity contribution in [1.82, 2.24) is 9.88 Å². The Labute approximate surface area is 110 Å². The summed E-state index contributed by atoms with van der Waals surface area (Å²) in [5.41, 5.74) is 4.22. The van der Waals surface area contributed by atoms with E-state index in [9.17, 15) is 4.39 Å². The molecule has 2 heterocycles. The van der Waals surface area contributed by atoms with E-state index in [1.807, 2.05) is 17.6 Å². The molecule has 1 aromatic heterocycles. The zero-order chi connectivity index (χ0) is 12.4. The van der Waals surface area contributed by atoms with Crippen LogP contribution < -0.4 is 0 Å². The van der Waals surface area contributed by atoms with E-state index < -0.39 is 0 Å². The van der Waals surface area contributed by atoms with E-state index in [4.69, 9.17) is 0 Å². The van der Waals surface area contributed by atoms with E-state index >= 15 is 0 Å². The van der Waals surface area contributed by atoms with Gasteiger partial charge in [-0.15, -0.1) is 11.3 Å². The SMILES string of the molecule is Fc1ccc(C2CCCN2Cc2cscn2)cc1. The van der Waals surface area contributed by atoms with Gasteiger partial charge in [0, 0.05) is 18.0 Å². The van der Waals surface area contributed by atoms with Gasteiger partial charge in [0.05, 0.1) is 11.2 Å². The third-order valence-electron chi connectivity index (χ3n) is 3.47. The maximum Gasteiger partial charge on any atom is 0.123 e. The van der Waals surface area contributed by atoms with Crippen molar-refractivity contribution < 1.29 is 4.39 Å². The van der Waals surface area contributed by atoms with Gasteiger partial charge in [-0.1, -0.05) is 12.1 Å². The zero-order valence-electron chi connectivity index (χ0n) is 10.1. The molecule has 1 fully saturated rings. The number of hydrogen-bond acceptors (Lipinski definition) is 3. The molecule has 4 heteroatoms. The van der Waals surface area contributed by atoms with Crippen LogP contribution in [-0.4, -0.2) is 16.4 Å². The Morgan fingerprint density at radius 1 is 1.33 bits per heavy atom. The number of nitrogens with zero attached hydrogens (tertiary/aromatic N) is 2. The first-order valence-electron chi connectivity index (χ1n) is 6.19. The second-order valence-electron chi connectivity index (χ2n) is 4.66. The Kier molecular flexibility index (Phi) is 3.39. The first kappa shape index (κ1) is 11.8. The summed E-state index contributed by atoms with van der Waals surface area (Å²) >= 11 is 1.63. The lowest BCUT2D eigenvalue weighted by atomic mass is 10.0. The molecule has 1 aromatic carbocycles. The van der Waals surface area contributed by atoms with E-state index in [1.165, 1.54) is 12.0 Å². The molecule has 3 rings (SSSR count). The van der Waals surface area contributed by atoms with Gasteiger partial charge in [0.15, 0.2) is 0 Å². The number of likely N-dealkylation sites (tertiary alicyclic amines) is 1. The number of hydrogen-bond donors (Lipinski definition) is 0. The summed E-state index contributed by atoms with van der Waals surface area (Å²) in [5, 5.41) is 2.10. The molecule has 0 radical (unpaired) electrons. The predicted molar refractivity (Wildman–Crippen MR) is 70.9 cm³/mol. The minimum atomic E-state index is -0.164. The summed E-state index contributed by atoms with van der Waals surface area (Å²) in [7, 11) is 0. The zero-order valence-corrected chi connectivity index (χ0v) is 10.9. The molecule has 1 saturated heterocycles. The van der Waals surface area contributed by atoms with Crippen LogP contribution in [0.3, 0.4) is 0 Å². The molecule has 1 atom stereocenters. The lowest BCUT2D eigenvalue weighted by Gasteiger charge is -2.23. The van der Waals surface area contributed by atoms with Gasteiger partial charge in [0.25, 0.3) is 0 Å². The maximum atomic E-state index is 13.0. The van der Waals surface area contributed by atoms with Crippen LogP contribution in [0.15, 0.2) is 35.2 Å². The van der Waals surface area contributed by atoms with Crippen LogP contribution in [0.4, 0.5) is 4.39 Å². The van der Waals surface area contributed by atoms with Crippen LogP contribution >= 0.6 is 11.3 Å². The number of benzene rings is 1. The molecule has 0 bridgehead atoms. The highest BCUT2D eigenvalue weighted by atomic mass is 32.1. The van der Waals surface area contributed by atoms with E-state index in [2.05, 4.69) is 15.3 Å². The minimum Gasteiger partial charge on any atom is -0.290 e. The molecule has 0 amide bonds. The Bertz CT molecular complexity index is 495. The summed E-state index contributed by atoms with van der Waals surface area (Å²) in [6, 6.07) is 7.31. The minimum absolute atomic E-state index is 0.164. The van der Waals surface area contributed by atoms with Gasteiger partial charge in [-0.05, 0) is 37.1 Å². The number of rotatable bonds is 3. The second-order valence-corrected chi connectivity index (χ2v) is 5.38. The van der Waals surface area contributed by atoms with Crippen molar-refractivity contribution in [2.45, 2.75) is 25.4 Å². The van der Waals surface area contributed by atoms with Crippen LogP contribution in [0.5, 0.6) is 0 Å². The van der Waals surface area contributed by atoms with Gasteiger partial charge >= 0.3 is 0 Å². The standard InChI is InChI=1S/C14H15FN2S/c15-12-5-3-11(4-6-12)14-2-1-7-17(14)8-13-9-18-10-16-13/h3-6,9-10,14H,1-2,7-8H2. The fourth-order valence-electron chi connectivity index (χ4n) is 2.60. The topological polar surface area (TPSA) is 16.1 Å². The van der Waals surface area contributed by atoms with Crippen molar-refractivity contribution in [3.63, 3.8) is 0 Å². The Morgan fingerprint density at radius 2 is 2.17 bits per heavy atom. The third kappa shape index (κ3) is 2.44. The second kappa shape index (κ2) is 5.16. The maximum absolute atomic E-state index is 13.0. The molecule has 94 valence electrons. The fraction of sp³-hybridized carbons (Fsp3) is 0.357. The van der Waals surface area contributed by atoms with Crippen molar-refractivity contribution in [2.24, 2.45) is 0 Å². The molecule has 2 nitrogen and oxygen atoms in total. The largest absolute Gasteiger partial charge is 0.290 e. The van der Waals surface area contributed by atoms with Crippen LogP contribution in [0, 0.1) is 5.82 Å². The monoisotopic (exact) mass is 262 g/mol. The molecular formula is C14H15FN2S. The van der Waals surface area contributed by atoms with Crippen molar-refractivity contribution in [1.29, 1.82) is 0 Å². The van der Waals surface area contributed by atoms with Gasteiger partial charge in [0.2, 0.25) is 0 Å². The molecular weight excluding hydrogens is 247 g/mol. The Hall–Kier alpha value is -1.26. The first-order valence-corrected chi connectivity index (χ1v) is 7.14. The van der Waals surface area contributed by atoms with Crippen molar-refractivity contribution in [3.05, 3.63) is 52.2 Å². The average molecular weight is 262 g/mol. The molecule has 1 aliphatic heterocycles. The quantitative estimate of drug-likeness (QED) is 0.840. The summed E-state index contributed by atoms with van der Waals surface area (Å²) in [5.74, 6) is -0.164. The lowest BCUT2D eigenvalue weighted by Crippen LogP contribution is -2.22. The summed E-state index contributed by atoms with van der Waals surface area (Å²) < 4.78 is 13.0. The summed E-state index contributed by atoms with van der Waals surface area (Å²) in [4.78, 5) is 6.77. The van der Waals surface area contributed by atoms with Crippen LogP contribution in [0.1, 0.15) is 30.1 Å². The molecule has 1 aliphatic rings. The van der Waals surface area contributed by atoms with Gasteiger partial charge < -0.3 is 0 Å². The van der Waals surface area contributed by atoms with Crippen LogP contribution in [-0.2, 0) is 6.54 Å². The van der Waals surface area contributed by atoms with Crippen LogP contribution in [0.2, 0.25) is 0 Å². The van der Waals surface area contributed by atoms with Gasteiger partial charge in [-0.25, -0.2) is 9.37 Å². The Balaban J connectivity index is 1.76. The van der Waals surface area contributed by atoms with Crippen molar-refractivity contribution >= 4 is 11.3 Å². The van der Waals surface area contributed by atoms with Crippen molar-refractivity contribution in [2.75, 3.05) is 6.54 Å². The molecule has 18 heavy (non-hydrogen) atoms. The number of thiazole rings is 1. The van der Waals surface area contributed by atoms with E-state index in [1.54, 1.807) is 23.5 Å². The van der Waals surface area contributed by atoms with Crippen LogP contribution in [0.25, 0.3) is 0 Å². The lowest BCUT2D eigenvalue weighted by molar-refractivity contribution is 0.246. The molecule has 2 aromatic rings. The van der Waals surface area contributed by atoms with E-state index in [-0.39, 0.29) is 5.82 Å². The van der Waals surface area contributed by atoms with E-state index in [0.717, 1.165) is 25.2 Å². The molecule has 0 saturated carbocycles. The van der Waals surface area contributed by atoms with Gasteiger partial charge in [0.1, 0.15) is 5.82 Å². The Morgan fingerprint density at radius 3 is 2.89 bits per heavy atom. The molecule has 0 spiro atoms. The first-order chi connectivity index (χ1) is 8.83.